The molecule has 0 aromatic carbocycles. The van der Waals surface area contributed by atoms with E-state index in [9.17, 15) is 0 Å². The molecular formula is C19H32N4O. The lowest BCUT2D eigenvalue weighted by Crippen LogP contribution is -2.40. The molecule has 1 aromatic heterocycles. The Morgan fingerprint density at radius 2 is 1.92 bits per heavy atom. The zero-order chi connectivity index (χ0) is 17.2. The minimum absolute atomic E-state index is 0.0144. The van der Waals surface area contributed by atoms with E-state index in [1.165, 1.54) is 25.7 Å². The van der Waals surface area contributed by atoms with Crippen LogP contribution in [0.5, 0.6) is 0 Å². The van der Waals surface area contributed by atoms with Crippen molar-refractivity contribution in [2.75, 3.05) is 13.1 Å². The van der Waals surface area contributed by atoms with Gasteiger partial charge in [-0.3, -0.25) is 0 Å². The highest BCUT2D eigenvalue weighted by atomic mass is 16.4. The number of nitrogens with one attached hydrogen (secondary N) is 2. The van der Waals surface area contributed by atoms with E-state index in [4.69, 9.17) is 4.42 Å². The van der Waals surface area contributed by atoms with Crippen molar-refractivity contribution in [2.24, 2.45) is 22.7 Å². The molecule has 24 heavy (non-hydrogen) atoms. The van der Waals surface area contributed by atoms with Gasteiger partial charge in [0.25, 0.3) is 0 Å². The van der Waals surface area contributed by atoms with Crippen molar-refractivity contribution in [3.63, 3.8) is 0 Å². The van der Waals surface area contributed by atoms with Crippen LogP contribution < -0.4 is 10.6 Å². The van der Waals surface area contributed by atoms with Crippen LogP contribution in [0.2, 0.25) is 0 Å². The monoisotopic (exact) mass is 332 g/mol. The van der Waals surface area contributed by atoms with E-state index in [0.29, 0.717) is 12.4 Å². The number of aromatic nitrogens is 1. The van der Waals surface area contributed by atoms with Crippen LogP contribution in [0, 0.1) is 17.8 Å². The Morgan fingerprint density at radius 1 is 1.25 bits per heavy atom. The van der Waals surface area contributed by atoms with Crippen molar-refractivity contribution in [2.45, 2.75) is 65.3 Å². The predicted octanol–water partition coefficient (Wildman–Crippen LogP) is 3.46. The van der Waals surface area contributed by atoms with E-state index in [0.717, 1.165) is 42.6 Å². The summed E-state index contributed by atoms with van der Waals surface area (Å²) < 4.78 is 5.82. The summed E-state index contributed by atoms with van der Waals surface area (Å²) in [7, 11) is 0. The second-order valence-electron chi connectivity index (χ2n) is 8.28. The first-order valence-electron chi connectivity index (χ1n) is 9.44. The van der Waals surface area contributed by atoms with Gasteiger partial charge in [0.15, 0.2) is 5.96 Å². The van der Waals surface area contributed by atoms with E-state index >= 15 is 0 Å². The maximum Gasteiger partial charge on any atom is 0.216 e. The number of aliphatic imine (C=N–C) groups is 1. The lowest BCUT2D eigenvalue weighted by atomic mass is 9.94. The third-order valence-corrected chi connectivity index (χ3v) is 4.97. The molecule has 2 aliphatic rings. The summed E-state index contributed by atoms with van der Waals surface area (Å²) in [4.78, 5) is 9.01. The zero-order valence-corrected chi connectivity index (χ0v) is 15.6. The van der Waals surface area contributed by atoms with Crippen LogP contribution in [-0.4, -0.2) is 24.0 Å². The highest BCUT2D eigenvalue weighted by Gasteiger charge is 2.41. The smallest absolute Gasteiger partial charge is 0.216 e. The van der Waals surface area contributed by atoms with Gasteiger partial charge >= 0.3 is 0 Å². The van der Waals surface area contributed by atoms with E-state index in [-0.39, 0.29) is 5.41 Å². The van der Waals surface area contributed by atoms with Crippen molar-refractivity contribution >= 4 is 5.96 Å². The Balaban J connectivity index is 1.55. The Labute approximate surface area is 145 Å². The fourth-order valence-electron chi connectivity index (χ4n) is 3.20. The molecule has 0 atom stereocenters. The maximum atomic E-state index is 5.82. The standard InChI is InChI=1S/C19H32N4O/c1-5-20-18(22-10-15(13-6-7-13)14-8-9-14)23-12-17-21-11-16(24-17)19(2,3)4/h11,13-15H,5-10,12H2,1-4H3,(H2,20,22,23). The predicted molar refractivity (Wildman–Crippen MR) is 97.0 cm³/mol. The minimum atomic E-state index is -0.0144. The second-order valence-corrected chi connectivity index (χ2v) is 8.28. The van der Waals surface area contributed by atoms with Crippen LogP contribution in [-0.2, 0) is 12.0 Å². The first-order chi connectivity index (χ1) is 11.5. The number of hydrogen-bond acceptors (Lipinski definition) is 3. The van der Waals surface area contributed by atoms with Gasteiger partial charge in [0, 0.05) is 18.5 Å². The Morgan fingerprint density at radius 3 is 2.42 bits per heavy atom. The van der Waals surface area contributed by atoms with Crippen molar-refractivity contribution in [1.29, 1.82) is 0 Å². The maximum absolute atomic E-state index is 5.82. The summed E-state index contributed by atoms with van der Waals surface area (Å²) in [5.74, 6) is 5.21. The fraction of sp³-hybridized carbons (Fsp3) is 0.789. The molecular weight excluding hydrogens is 300 g/mol. The molecule has 2 fully saturated rings. The van der Waals surface area contributed by atoms with E-state index < -0.39 is 0 Å². The summed E-state index contributed by atoms with van der Waals surface area (Å²) in [6.45, 7) is 10.9. The third-order valence-electron chi connectivity index (χ3n) is 4.97. The molecule has 0 unspecified atom stereocenters. The third kappa shape index (κ3) is 4.74. The molecule has 2 saturated carbocycles. The van der Waals surface area contributed by atoms with Gasteiger partial charge in [-0.05, 0) is 50.4 Å². The van der Waals surface area contributed by atoms with Crippen molar-refractivity contribution in [3.05, 3.63) is 17.8 Å². The van der Waals surface area contributed by atoms with Crippen molar-refractivity contribution in [1.82, 2.24) is 15.6 Å². The SMILES string of the molecule is CCNC(=NCc1ncc(C(C)(C)C)o1)NCC(C1CC1)C1CC1. The summed E-state index contributed by atoms with van der Waals surface area (Å²) in [5.41, 5.74) is -0.0144. The average Bonchev–Trinajstić information content (AvgIpc) is 3.44. The van der Waals surface area contributed by atoms with E-state index in [1.807, 2.05) is 6.20 Å². The first kappa shape index (κ1) is 17.3. The van der Waals surface area contributed by atoms with Gasteiger partial charge in [-0.25, -0.2) is 9.98 Å². The van der Waals surface area contributed by atoms with Crippen LogP contribution in [0.15, 0.2) is 15.6 Å². The van der Waals surface area contributed by atoms with Gasteiger partial charge in [-0.1, -0.05) is 20.8 Å². The Kier molecular flexibility index (Phi) is 5.16. The van der Waals surface area contributed by atoms with Gasteiger partial charge in [-0.15, -0.1) is 0 Å². The lowest BCUT2D eigenvalue weighted by molar-refractivity contribution is 0.382. The number of rotatable bonds is 7. The molecule has 0 bridgehead atoms. The van der Waals surface area contributed by atoms with Crippen LogP contribution in [0.1, 0.15) is 65.0 Å². The van der Waals surface area contributed by atoms with Gasteiger partial charge < -0.3 is 15.1 Å². The molecule has 3 rings (SSSR count). The van der Waals surface area contributed by atoms with E-state index in [2.05, 4.69) is 48.3 Å². The number of guanidine groups is 1. The number of hydrogen-bond donors (Lipinski definition) is 2. The van der Waals surface area contributed by atoms with Crippen molar-refractivity contribution in [3.8, 4) is 0 Å². The first-order valence-corrected chi connectivity index (χ1v) is 9.44. The van der Waals surface area contributed by atoms with Crippen LogP contribution >= 0.6 is 0 Å². The Hall–Kier alpha value is -1.52. The Bertz CT molecular complexity index is 552. The minimum Gasteiger partial charge on any atom is -0.443 e. The molecule has 2 N–H and O–H groups in total. The summed E-state index contributed by atoms with van der Waals surface area (Å²) in [6.07, 6.45) is 7.50. The molecule has 0 spiro atoms. The highest BCUT2D eigenvalue weighted by molar-refractivity contribution is 5.79. The highest BCUT2D eigenvalue weighted by Crippen LogP contribution is 2.48. The molecule has 5 nitrogen and oxygen atoms in total. The second kappa shape index (κ2) is 7.16. The largest absolute Gasteiger partial charge is 0.443 e. The van der Waals surface area contributed by atoms with Gasteiger partial charge in [0.05, 0.1) is 6.20 Å². The topological polar surface area (TPSA) is 62.5 Å². The molecule has 0 aliphatic heterocycles. The molecule has 1 heterocycles. The fourth-order valence-corrected chi connectivity index (χ4v) is 3.20. The molecule has 134 valence electrons. The summed E-state index contributed by atoms with van der Waals surface area (Å²) in [6, 6.07) is 0. The normalized spacial score (nSPS) is 19.0. The zero-order valence-electron chi connectivity index (χ0n) is 15.6. The molecule has 0 amide bonds. The van der Waals surface area contributed by atoms with Crippen LogP contribution in [0.3, 0.4) is 0 Å². The lowest BCUT2D eigenvalue weighted by Gasteiger charge is -2.18. The van der Waals surface area contributed by atoms with Crippen LogP contribution in [0.4, 0.5) is 0 Å². The molecule has 2 aliphatic carbocycles. The molecule has 0 saturated heterocycles. The van der Waals surface area contributed by atoms with Gasteiger partial charge in [0.1, 0.15) is 12.3 Å². The number of nitrogens with zero attached hydrogens (tertiary/aromatic N) is 2. The molecule has 5 heteroatoms. The van der Waals surface area contributed by atoms with Crippen molar-refractivity contribution < 1.29 is 4.42 Å². The van der Waals surface area contributed by atoms with Gasteiger partial charge in [-0.2, -0.15) is 0 Å². The average molecular weight is 332 g/mol. The molecule has 1 aromatic rings. The van der Waals surface area contributed by atoms with E-state index in [1.54, 1.807) is 0 Å². The van der Waals surface area contributed by atoms with Crippen LogP contribution in [0.25, 0.3) is 0 Å². The molecule has 0 radical (unpaired) electrons. The number of oxazole rings is 1. The summed E-state index contributed by atoms with van der Waals surface area (Å²) >= 11 is 0. The quantitative estimate of drug-likeness (QED) is 0.593. The summed E-state index contributed by atoms with van der Waals surface area (Å²) in [5, 5.41) is 6.87. The van der Waals surface area contributed by atoms with Gasteiger partial charge in [0.2, 0.25) is 5.89 Å².